The predicted molar refractivity (Wildman–Crippen MR) is 170 cm³/mol. The molecule has 0 amide bonds. The number of carbonyl (C=O) groups is 1. The minimum atomic E-state index is -0.0931. The standard InChI is InChI=1S/C36H68O5/c1-2-3-4-5-6-7-8-9-10-11-12-13-14-15-19-22-36(37)41-32-30-39-28-27-38-29-31-40-35-25-23-34(24-26-35)33-20-17-16-18-21-33/h33-35H,2-32H2,1H3. The first-order valence-corrected chi connectivity index (χ1v) is 18.2. The van der Waals surface area contributed by atoms with Crippen LogP contribution in [0.1, 0.15) is 167 Å². The molecule has 2 rings (SSSR count). The molecule has 242 valence electrons. The van der Waals surface area contributed by atoms with Crippen molar-refractivity contribution in [2.75, 3.05) is 39.6 Å². The minimum absolute atomic E-state index is 0.0931. The Balaban J connectivity index is 1.22. The van der Waals surface area contributed by atoms with E-state index in [0.29, 0.717) is 52.2 Å². The number of carbonyl (C=O) groups excluding carboxylic acids is 1. The number of rotatable bonds is 27. The van der Waals surface area contributed by atoms with Crippen molar-refractivity contribution >= 4 is 5.97 Å². The Morgan fingerprint density at radius 1 is 0.512 bits per heavy atom. The first-order chi connectivity index (χ1) is 20.3. The molecule has 0 spiro atoms. The van der Waals surface area contributed by atoms with Gasteiger partial charge < -0.3 is 18.9 Å². The SMILES string of the molecule is CCCCCCCCCCCCCCCCCC(=O)OCCOCCOCCOC1CCC(C2CCCCC2)CC1. The second-order valence-corrected chi connectivity index (χ2v) is 13.0. The third kappa shape index (κ3) is 20.8. The highest BCUT2D eigenvalue weighted by molar-refractivity contribution is 5.69. The van der Waals surface area contributed by atoms with E-state index >= 15 is 0 Å². The van der Waals surface area contributed by atoms with E-state index in [-0.39, 0.29) is 5.97 Å². The fourth-order valence-electron chi connectivity index (χ4n) is 6.86. The fraction of sp³-hybridized carbons (Fsp3) is 0.972. The summed E-state index contributed by atoms with van der Waals surface area (Å²) in [5.74, 6) is 1.86. The topological polar surface area (TPSA) is 54.0 Å². The molecule has 0 N–H and O–H groups in total. The highest BCUT2D eigenvalue weighted by Gasteiger charge is 2.28. The van der Waals surface area contributed by atoms with Gasteiger partial charge in [-0.05, 0) is 43.9 Å². The van der Waals surface area contributed by atoms with Crippen LogP contribution in [0.3, 0.4) is 0 Å². The maximum atomic E-state index is 11.9. The van der Waals surface area contributed by atoms with Crippen molar-refractivity contribution in [2.24, 2.45) is 11.8 Å². The summed E-state index contributed by atoms with van der Waals surface area (Å²) >= 11 is 0. The highest BCUT2D eigenvalue weighted by Crippen LogP contribution is 2.38. The molecule has 0 aromatic rings. The van der Waals surface area contributed by atoms with Gasteiger partial charge in [0.05, 0.1) is 39.1 Å². The Labute approximate surface area is 254 Å². The van der Waals surface area contributed by atoms with Gasteiger partial charge in [-0.1, -0.05) is 129 Å². The summed E-state index contributed by atoms with van der Waals surface area (Å²) in [6.45, 7) is 5.45. The third-order valence-corrected chi connectivity index (χ3v) is 9.46. The number of unbranched alkanes of at least 4 members (excludes halogenated alkanes) is 14. The molecular formula is C36H68O5. The van der Waals surface area contributed by atoms with Crippen LogP contribution in [0.5, 0.6) is 0 Å². The molecule has 0 aromatic carbocycles. The average molecular weight is 581 g/mol. The number of hydrogen-bond acceptors (Lipinski definition) is 5. The second-order valence-electron chi connectivity index (χ2n) is 13.0. The molecule has 5 nitrogen and oxygen atoms in total. The van der Waals surface area contributed by atoms with E-state index < -0.39 is 0 Å². The molecule has 2 fully saturated rings. The molecule has 0 bridgehead atoms. The molecule has 0 atom stereocenters. The lowest BCUT2D eigenvalue weighted by Crippen LogP contribution is -2.28. The Morgan fingerprint density at radius 3 is 1.54 bits per heavy atom. The zero-order valence-electron chi connectivity index (χ0n) is 27.2. The van der Waals surface area contributed by atoms with Gasteiger partial charge in [-0.2, -0.15) is 0 Å². The van der Waals surface area contributed by atoms with Crippen LogP contribution in [0.2, 0.25) is 0 Å². The lowest BCUT2D eigenvalue weighted by Gasteiger charge is -2.35. The van der Waals surface area contributed by atoms with Crippen molar-refractivity contribution in [1.82, 2.24) is 0 Å². The van der Waals surface area contributed by atoms with Gasteiger partial charge in [-0.3, -0.25) is 4.79 Å². The van der Waals surface area contributed by atoms with Crippen LogP contribution in [-0.4, -0.2) is 51.7 Å². The van der Waals surface area contributed by atoms with Crippen LogP contribution in [0, 0.1) is 11.8 Å². The molecule has 2 aliphatic rings. The summed E-state index contributed by atoms with van der Waals surface area (Å²) < 4.78 is 22.5. The van der Waals surface area contributed by atoms with Crippen molar-refractivity contribution in [3.63, 3.8) is 0 Å². The van der Waals surface area contributed by atoms with Crippen LogP contribution in [0.4, 0.5) is 0 Å². The van der Waals surface area contributed by atoms with E-state index in [2.05, 4.69) is 6.92 Å². The van der Waals surface area contributed by atoms with Gasteiger partial charge in [0.2, 0.25) is 0 Å². The summed E-state index contributed by atoms with van der Waals surface area (Å²) in [5.41, 5.74) is 0. The Morgan fingerprint density at radius 2 is 0.976 bits per heavy atom. The van der Waals surface area contributed by atoms with Gasteiger partial charge in [0.25, 0.3) is 0 Å². The van der Waals surface area contributed by atoms with Crippen molar-refractivity contribution in [3.05, 3.63) is 0 Å². The molecule has 2 aliphatic carbocycles. The van der Waals surface area contributed by atoms with Crippen LogP contribution in [0.25, 0.3) is 0 Å². The largest absolute Gasteiger partial charge is 0.463 e. The van der Waals surface area contributed by atoms with Crippen molar-refractivity contribution < 1.29 is 23.7 Å². The molecule has 0 radical (unpaired) electrons. The average Bonchev–Trinajstić information content (AvgIpc) is 3.00. The Bertz CT molecular complexity index is 568. The van der Waals surface area contributed by atoms with Crippen molar-refractivity contribution in [3.8, 4) is 0 Å². The zero-order valence-corrected chi connectivity index (χ0v) is 27.2. The number of hydrogen-bond donors (Lipinski definition) is 0. The molecule has 0 aliphatic heterocycles. The van der Waals surface area contributed by atoms with E-state index in [4.69, 9.17) is 18.9 Å². The first kappa shape index (κ1) is 36.5. The molecule has 5 heteroatoms. The molecular weight excluding hydrogens is 512 g/mol. The van der Waals surface area contributed by atoms with E-state index in [1.54, 1.807) is 0 Å². The van der Waals surface area contributed by atoms with Crippen LogP contribution in [-0.2, 0) is 23.7 Å². The van der Waals surface area contributed by atoms with Crippen molar-refractivity contribution in [1.29, 1.82) is 0 Å². The lowest BCUT2D eigenvalue weighted by atomic mass is 9.73. The Hall–Kier alpha value is -0.650. The molecule has 2 saturated carbocycles. The summed E-state index contributed by atoms with van der Waals surface area (Å²) in [5, 5.41) is 0. The molecule has 0 aromatic heterocycles. The highest BCUT2D eigenvalue weighted by atomic mass is 16.6. The van der Waals surface area contributed by atoms with Gasteiger partial charge in [0.15, 0.2) is 0 Å². The normalized spacial score (nSPS) is 19.9. The van der Waals surface area contributed by atoms with Crippen LogP contribution >= 0.6 is 0 Å². The second kappa shape index (κ2) is 26.9. The summed E-state index contributed by atoms with van der Waals surface area (Å²) in [6, 6.07) is 0. The first-order valence-electron chi connectivity index (χ1n) is 18.2. The smallest absolute Gasteiger partial charge is 0.305 e. The van der Waals surface area contributed by atoms with Crippen LogP contribution in [0.15, 0.2) is 0 Å². The summed E-state index contributed by atoms with van der Waals surface area (Å²) in [6.07, 6.45) is 33.4. The van der Waals surface area contributed by atoms with Gasteiger partial charge >= 0.3 is 5.97 Å². The van der Waals surface area contributed by atoms with Gasteiger partial charge in [-0.25, -0.2) is 0 Å². The van der Waals surface area contributed by atoms with Crippen molar-refractivity contribution in [2.45, 2.75) is 174 Å². The van der Waals surface area contributed by atoms with Gasteiger partial charge in [-0.15, -0.1) is 0 Å². The van der Waals surface area contributed by atoms with Crippen LogP contribution < -0.4 is 0 Å². The van der Waals surface area contributed by atoms with Gasteiger partial charge in [0, 0.05) is 6.42 Å². The van der Waals surface area contributed by atoms with Gasteiger partial charge in [0.1, 0.15) is 6.61 Å². The predicted octanol–water partition coefficient (Wildman–Crippen LogP) is 9.98. The van der Waals surface area contributed by atoms with E-state index in [0.717, 1.165) is 24.7 Å². The van der Waals surface area contributed by atoms with E-state index in [1.165, 1.54) is 141 Å². The Kier molecular flexibility index (Phi) is 24.0. The number of ether oxygens (including phenoxy) is 4. The summed E-state index contributed by atoms with van der Waals surface area (Å²) in [7, 11) is 0. The van der Waals surface area contributed by atoms with E-state index in [9.17, 15) is 4.79 Å². The number of esters is 1. The molecule has 41 heavy (non-hydrogen) atoms. The minimum Gasteiger partial charge on any atom is -0.463 e. The summed E-state index contributed by atoms with van der Waals surface area (Å²) in [4.78, 5) is 11.9. The maximum Gasteiger partial charge on any atom is 0.305 e. The quantitative estimate of drug-likeness (QED) is 0.0715. The molecule has 0 unspecified atom stereocenters. The molecule has 0 saturated heterocycles. The zero-order chi connectivity index (χ0) is 29.1. The van der Waals surface area contributed by atoms with E-state index in [1.807, 2.05) is 0 Å². The molecule has 0 heterocycles. The third-order valence-electron chi connectivity index (χ3n) is 9.46. The lowest BCUT2D eigenvalue weighted by molar-refractivity contribution is -0.145. The maximum absolute atomic E-state index is 11.9. The fourth-order valence-corrected chi connectivity index (χ4v) is 6.86. The monoisotopic (exact) mass is 581 g/mol.